The van der Waals surface area contributed by atoms with Crippen LogP contribution in [0.25, 0.3) is 0 Å². The lowest BCUT2D eigenvalue weighted by Crippen LogP contribution is -2.44. The van der Waals surface area contributed by atoms with Crippen LogP contribution in [0.2, 0.25) is 0 Å². The van der Waals surface area contributed by atoms with Crippen LogP contribution in [0.5, 0.6) is 0 Å². The maximum Gasteiger partial charge on any atom is 0.416 e. The van der Waals surface area contributed by atoms with Crippen molar-refractivity contribution in [3.05, 3.63) is 95.3 Å². The van der Waals surface area contributed by atoms with Crippen LogP contribution in [0.15, 0.2) is 72.9 Å². The van der Waals surface area contributed by atoms with E-state index >= 15 is 0 Å². The Kier molecular flexibility index (Phi) is 8.36. The summed E-state index contributed by atoms with van der Waals surface area (Å²) in [5.74, 6) is -0.748. The molecule has 5 nitrogen and oxygen atoms in total. The Labute approximate surface area is 215 Å². The summed E-state index contributed by atoms with van der Waals surface area (Å²) in [7, 11) is 0. The van der Waals surface area contributed by atoms with Crippen molar-refractivity contribution in [2.75, 3.05) is 13.1 Å². The van der Waals surface area contributed by atoms with Crippen molar-refractivity contribution in [2.45, 2.75) is 57.9 Å². The van der Waals surface area contributed by atoms with Crippen molar-refractivity contribution in [3.63, 3.8) is 0 Å². The third-order valence-corrected chi connectivity index (χ3v) is 6.59. The first-order chi connectivity index (χ1) is 17.8. The molecule has 1 aliphatic rings. The average molecular weight is 512 g/mol. The molecule has 37 heavy (non-hydrogen) atoms. The summed E-state index contributed by atoms with van der Waals surface area (Å²) in [6.07, 6.45) is 0.699. The van der Waals surface area contributed by atoms with Gasteiger partial charge in [0.05, 0.1) is 12.1 Å². The first-order valence-electron chi connectivity index (χ1n) is 12.7. The number of benzene rings is 2. The highest BCUT2D eigenvalue weighted by Gasteiger charge is 2.35. The van der Waals surface area contributed by atoms with Gasteiger partial charge in [-0.2, -0.15) is 13.2 Å². The minimum absolute atomic E-state index is 0.0616. The zero-order chi connectivity index (χ0) is 26.4. The third kappa shape index (κ3) is 7.02. The lowest BCUT2D eigenvalue weighted by Gasteiger charge is -2.28. The van der Waals surface area contributed by atoms with Gasteiger partial charge in [-0.25, -0.2) is 0 Å². The summed E-state index contributed by atoms with van der Waals surface area (Å²) in [6.45, 7) is 3.21. The van der Waals surface area contributed by atoms with Gasteiger partial charge < -0.3 is 14.4 Å². The molecule has 1 aromatic heterocycles. The molecule has 0 bridgehead atoms. The minimum atomic E-state index is -4.54. The van der Waals surface area contributed by atoms with Crippen molar-refractivity contribution in [2.24, 2.45) is 0 Å². The minimum Gasteiger partial charge on any atom is -0.345 e. The Morgan fingerprint density at radius 3 is 2.43 bits per heavy atom. The first kappa shape index (κ1) is 26.5. The predicted molar refractivity (Wildman–Crippen MR) is 136 cm³/mol. The van der Waals surface area contributed by atoms with Crippen LogP contribution in [0.1, 0.15) is 59.8 Å². The summed E-state index contributed by atoms with van der Waals surface area (Å²) >= 11 is 0. The number of alkyl halides is 3. The monoisotopic (exact) mass is 511 g/mol. The van der Waals surface area contributed by atoms with Gasteiger partial charge in [0.15, 0.2) is 0 Å². The Bertz CT molecular complexity index is 1200. The molecule has 2 aromatic carbocycles. The van der Waals surface area contributed by atoms with E-state index in [0.717, 1.165) is 42.7 Å². The van der Waals surface area contributed by atoms with Gasteiger partial charge in [-0.1, -0.05) is 49.7 Å². The number of unbranched alkanes of at least 4 members (excludes halogenated alkanes) is 1. The summed E-state index contributed by atoms with van der Waals surface area (Å²) in [5, 5.41) is 0. The van der Waals surface area contributed by atoms with Crippen LogP contribution in [0, 0.1) is 0 Å². The largest absolute Gasteiger partial charge is 0.416 e. The molecule has 3 aromatic rings. The van der Waals surface area contributed by atoms with E-state index in [2.05, 4.69) is 16.7 Å². The summed E-state index contributed by atoms with van der Waals surface area (Å²) in [5.41, 5.74) is 1.21. The normalized spacial score (nSPS) is 13.4. The second-order valence-electron chi connectivity index (χ2n) is 9.52. The number of amides is 2. The predicted octanol–water partition coefficient (Wildman–Crippen LogP) is 5.99. The molecule has 0 spiro atoms. The lowest BCUT2D eigenvalue weighted by atomic mass is 10.1. The Morgan fingerprint density at radius 1 is 1.00 bits per heavy atom. The highest BCUT2D eigenvalue weighted by molar-refractivity contribution is 5.96. The summed E-state index contributed by atoms with van der Waals surface area (Å²) in [6, 6.07) is 18.5. The highest BCUT2D eigenvalue weighted by Crippen LogP contribution is 2.31. The van der Waals surface area contributed by atoms with E-state index in [1.807, 2.05) is 48.4 Å². The molecule has 8 heteroatoms. The van der Waals surface area contributed by atoms with Gasteiger partial charge in [0, 0.05) is 36.6 Å². The highest BCUT2D eigenvalue weighted by atomic mass is 19.4. The fourth-order valence-corrected chi connectivity index (χ4v) is 4.38. The molecule has 2 amide bonds. The molecule has 0 radical (unpaired) electrons. The van der Waals surface area contributed by atoms with E-state index in [9.17, 15) is 22.8 Å². The second kappa shape index (κ2) is 11.7. The average Bonchev–Trinajstić information content (AvgIpc) is 3.64. The number of aromatic nitrogens is 1. The first-order valence-corrected chi connectivity index (χ1v) is 12.7. The second-order valence-corrected chi connectivity index (χ2v) is 9.52. The SMILES string of the molecule is CCCCN(CC(=O)N(Cc1cccn1Cc1ccccc1)C1CC1)C(=O)c1cccc(C(F)(F)F)c1. The van der Waals surface area contributed by atoms with Gasteiger partial charge in [0.2, 0.25) is 5.91 Å². The molecule has 0 unspecified atom stereocenters. The van der Waals surface area contributed by atoms with Crippen LogP contribution in [0.4, 0.5) is 13.2 Å². The number of hydrogen-bond acceptors (Lipinski definition) is 2. The molecule has 4 rings (SSSR count). The Morgan fingerprint density at radius 2 is 1.76 bits per heavy atom. The fraction of sp³-hybridized carbons (Fsp3) is 0.379. The van der Waals surface area contributed by atoms with Gasteiger partial charge in [-0.05, 0) is 55.2 Å². The van der Waals surface area contributed by atoms with Crippen molar-refractivity contribution >= 4 is 11.8 Å². The van der Waals surface area contributed by atoms with E-state index in [1.165, 1.54) is 17.0 Å². The molecule has 1 saturated carbocycles. The molecule has 0 N–H and O–H groups in total. The molecule has 1 fully saturated rings. The number of nitrogens with zero attached hydrogens (tertiary/aromatic N) is 3. The topological polar surface area (TPSA) is 45.6 Å². The Balaban J connectivity index is 1.50. The van der Waals surface area contributed by atoms with Crippen molar-refractivity contribution < 1.29 is 22.8 Å². The van der Waals surface area contributed by atoms with E-state index < -0.39 is 17.6 Å². The molecule has 1 heterocycles. The summed E-state index contributed by atoms with van der Waals surface area (Å²) < 4.78 is 41.7. The van der Waals surface area contributed by atoms with Crippen molar-refractivity contribution in [3.8, 4) is 0 Å². The number of rotatable bonds is 11. The van der Waals surface area contributed by atoms with E-state index in [-0.39, 0.29) is 24.1 Å². The smallest absolute Gasteiger partial charge is 0.345 e. The maximum absolute atomic E-state index is 13.5. The van der Waals surface area contributed by atoms with E-state index in [1.54, 1.807) is 0 Å². The number of carbonyl (C=O) groups is 2. The van der Waals surface area contributed by atoms with Crippen LogP contribution >= 0.6 is 0 Å². The lowest BCUT2D eigenvalue weighted by molar-refractivity contribution is -0.137. The number of halogens is 3. The van der Waals surface area contributed by atoms with Crippen molar-refractivity contribution in [1.29, 1.82) is 0 Å². The third-order valence-electron chi connectivity index (χ3n) is 6.59. The molecule has 1 aliphatic carbocycles. The van der Waals surface area contributed by atoms with E-state index in [0.29, 0.717) is 26.1 Å². The quantitative estimate of drug-likeness (QED) is 0.318. The molecule has 0 atom stereocenters. The number of carbonyl (C=O) groups excluding carboxylic acids is 2. The molecule has 196 valence electrons. The standard InChI is InChI=1S/C29H32F3N3O2/c1-2-3-16-34(28(37)23-11-7-12-24(18-23)29(30,31)32)21-27(36)35(25-14-15-25)20-26-13-8-17-33(26)19-22-9-5-4-6-10-22/h4-13,17-18,25H,2-3,14-16,19-21H2,1H3. The van der Waals surface area contributed by atoms with Gasteiger partial charge in [-0.3, -0.25) is 9.59 Å². The van der Waals surface area contributed by atoms with Gasteiger partial charge in [-0.15, -0.1) is 0 Å². The molecule has 0 aliphatic heterocycles. The zero-order valence-electron chi connectivity index (χ0n) is 21.0. The number of hydrogen-bond donors (Lipinski definition) is 0. The van der Waals surface area contributed by atoms with E-state index in [4.69, 9.17) is 0 Å². The maximum atomic E-state index is 13.5. The zero-order valence-corrected chi connectivity index (χ0v) is 21.0. The van der Waals surface area contributed by atoms with Gasteiger partial charge in [0.25, 0.3) is 5.91 Å². The van der Waals surface area contributed by atoms with Crippen molar-refractivity contribution in [1.82, 2.24) is 14.4 Å². The molecule has 0 saturated heterocycles. The Hall–Kier alpha value is -3.55. The fourth-order valence-electron chi connectivity index (χ4n) is 4.38. The molecular weight excluding hydrogens is 479 g/mol. The molecular formula is C29H32F3N3O2. The van der Waals surface area contributed by atoms with Crippen LogP contribution < -0.4 is 0 Å². The summed E-state index contributed by atoms with van der Waals surface area (Å²) in [4.78, 5) is 29.9. The van der Waals surface area contributed by atoms with Crippen LogP contribution in [-0.4, -0.2) is 45.3 Å². The van der Waals surface area contributed by atoms with Gasteiger partial charge >= 0.3 is 6.18 Å². The van der Waals surface area contributed by atoms with Crippen LogP contribution in [-0.2, 0) is 24.1 Å². The van der Waals surface area contributed by atoms with Crippen LogP contribution in [0.3, 0.4) is 0 Å². The van der Waals surface area contributed by atoms with Gasteiger partial charge in [0.1, 0.15) is 6.54 Å².